The number of hydrogen-bond acceptors (Lipinski definition) is 1. The number of amides is 1. The summed E-state index contributed by atoms with van der Waals surface area (Å²) in [6.07, 6.45) is 4.33. The number of aromatic nitrogens is 1. The molecule has 1 amide bonds. The van der Waals surface area contributed by atoms with Crippen LogP contribution < -0.4 is 5.32 Å². The molecule has 1 aliphatic rings. The van der Waals surface area contributed by atoms with Crippen molar-refractivity contribution in [2.45, 2.75) is 18.3 Å². The second kappa shape index (κ2) is 5.48. The summed E-state index contributed by atoms with van der Waals surface area (Å²) in [6.45, 7) is 0.608. The first-order chi connectivity index (χ1) is 11.6. The zero-order valence-corrected chi connectivity index (χ0v) is 13.6. The summed E-state index contributed by atoms with van der Waals surface area (Å²) < 4.78 is 15.1. The number of carbonyl (C=O) groups excluding carboxylic acids is 1. The van der Waals surface area contributed by atoms with Gasteiger partial charge in [-0.3, -0.25) is 4.79 Å². The number of halogens is 1. The monoisotopic (exact) mass is 322 g/mol. The van der Waals surface area contributed by atoms with E-state index in [9.17, 15) is 9.18 Å². The molecule has 1 saturated carbocycles. The van der Waals surface area contributed by atoms with E-state index in [1.165, 1.54) is 40.7 Å². The van der Waals surface area contributed by atoms with Crippen LogP contribution in [0.1, 0.15) is 28.8 Å². The third kappa shape index (κ3) is 2.48. The highest BCUT2D eigenvalue weighted by molar-refractivity contribution is 5.94. The third-order valence-corrected chi connectivity index (χ3v) is 5.02. The molecule has 0 radical (unpaired) electrons. The smallest absolute Gasteiger partial charge is 0.251 e. The lowest BCUT2D eigenvalue weighted by Crippen LogP contribution is -2.32. The molecule has 1 aromatic heterocycles. The van der Waals surface area contributed by atoms with Crippen molar-refractivity contribution in [3.63, 3.8) is 0 Å². The molecule has 1 fully saturated rings. The van der Waals surface area contributed by atoms with E-state index in [1.54, 1.807) is 0 Å². The van der Waals surface area contributed by atoms with E-state index in [0.29, 0.717) is 12.1 Å². The molecule has 0 spiro atoms. The molecule has 1 heterocycles. The number of nitrogens with one attached hydrogen (secondary N) is 1. The van der Waals surface area contributed by atoms with Gasteiger partial charge in [0.2, 0.25) is 0 Å². The molecule has 24 heavy (non-hydrogen) atoms. The van der Waals surface area contributed by atoms with Crippen molar-refractivity contribution in [2.75, 3.05) is 6.54 Å². The predicted octanol–water partition coefficient (Wildman–Crippen LogP) is 3.78. The topological polar surface area (TPSA) is 34.0 Å². The number of carbonyl (C=O) groups is 1. The van der Waals surface area contributed by atoms with Crippen molar-refractivity contribution >= 4 is 16.8 Å². The van der Waals surface area contributed by atoms with Crippen molar-refractivity contribution in [3.8, 4) is 0 Å². The van der Waals surface area contributed by atoms with E-state index in [2.05, 4.69) is 41.3 Å². The van der Waals surface area contributed by atoms with Gasteiger partial charge < -0.3 is 9.88 Å². The van der Waals surface area contributed by atoms with Crippen molar-refractivity contribution < 1.29 is 9.18 Å². The maximum Gasteiger partial charge on any atom is 0.251 e. The molecular weight excluding hydrogens is 303 g/mol. The zero-order valence-electron chi connectivity index (χ0n) is 13.6. The molecular formula is C20H19FN2O. The Hall–Kier alpha value is -2.62. The average molecular weight is 322 g/mol. The van der Waals surface area contributed by atoms with Gasteiger partial charge in [0.1, 0.15) is 5.82 Å². The number of fused-ring (bicyclic) bond motifs is 1. The number of aryl methyl sites for hydroxylation is 1. The highest BCUT2D eigenvalue weighted by atomic mass is 19.1. The standard InChI is InChI=1S/C20H19FN2O/c1-23-12-17(16-4-2-3-5-18(16)23)20(10-11-20)13-22-19(24)14-6-8-15(21)9-7-14/h2-9,12H,10-11,13H2,1H3,(H,22,24). The van der Waals surface area contributed by atoms with Gasteiger partial charge in [-0.1, -0.05) is 18.2 Å². The van der Waals surface area contributed by atoms with Crippen molar-refractivity contribution in [1.82, 2.24) is 9.88 Å². The summed E-state index contributed by atoms with van der Waals surface area (Å²) in [5.41, 5.74) is 3.03. The number of hydrogen-bond donors (Lipinski definition) is 1. The highest BCUT2D eigenvalue weighted by Gasteiger charge is 2.46. The number of para-hydroxylation sites is 1. The quantitative estimate of drug-likeness (QED) is 0.779. The van der Waals surface area contributed by atoms with Crippen LogP contribution in [0.3, 0.4) is 0 Å². The van der Waals surface area contributed by atoms with Gasteiger partial charge in [0.05, 0.1) is 0 Å². The summed E-state index contributed by atoms with van der Waals surface area (Å²) in [7, 11) is 2.05. The van der Waals surface area contributed by atoms with Gasteiger partial charge in [0.15, 0.2) is 0 Å². The number of rotatable bonds is 4. The fourth-order valence-electron chi connectivity index (χ4n) is 3.41. The molecule has 2 aromatic carbocycles. The maximum atomic E-state index is 13.0. The Kier molecular flexibility index (Phi) is 3.41. The van der Waals surface area contributed by atoms with Crippen LogP contribution in [0.4, 0.5) is 4.39 Å². The number of benzene rings is 2. The van der Waals surface area contributed by atoms with Gasteiger partial charge >= 0.3 is 0 Å². The molecule has 0 unspecified atom stereocenters. The largest absolute Gasteiger partial charge is 0.351 e. The van der Waals surface area contributed by atoms with Gasteiger partial charge in [-0.25, -0.2) is 4.39 Å². The first-order valence-electron chi connectivity index (χ1n) is 8.17. The highest BCUT2D eigenvalue weighted by Crippen LogP contribution is 2.50. The summed E-state index contributed by atoms with van der Waals surface area (Å²) in [6, 6.07) is 14.0. The minimum Gasteiger partial charge on any atom is -0.351 e. The lowest BCUT2D eigenvalue weighted by atomic mass is 9.95. The van der Waals surface area contributed by atoms with Crippen LogP contribution in [-0.4, -0.2) is 17.0 Å². The Labute approximate surface area is 140 Å². The van der Waals surface area contributed by atoms with Gasteiger partial charge in [0.25, 0.3) is 5.91 Å². The Morgan fingerprint density at radius 2 is 1.88 bits per heavy atom. The molecule has 4 rings (SSSR count). The maximum absolute atomic E-state index is 13.0. The van der Waals surface area contributed by atoms with Crippen molar-refractivity contribution in [2.24, 2.45) is 7.05 Å². The number of nitrogens with zero attached hydrogens (tertiary/aromatic N) is 1. The first kappa shape index (κ1) is 14.9. The normalized spacial score (nSPS) is 15.4. The van der Waals surface area contributed by atoms with E-state index in [4.69, 9.17) is 0 Å². The molecule has 1 aliphatic carbocycles. The fraction of sp³-hybridized carbons (Fsp3) is 0.250. The van der Waals surface area contributed by atoms with Gasteiger partial charge in [0, 0.05) is 41.7 Å². The van der Waals surface area contributed by atoms with E-state index in [1.807, 2.05) is 6.07 Å². The lowest BCUT2D eigenvalue weighted by molar-refractivity contribution is 0.0949. The van der Waals surface area contributed by atoms with Crippen molar-refractivity contribution in [3.05, 3.63) is 71.7 Å². The SMILES string of the molecule is Cn1cc(C2(CNC(=O)c3ccc(F)cc3)CC2)c2ccccc21. The van der Waals surface area contributed by atoms with E-state index < -0.39 is 0 Å². The molecule has 3 aromatic rings. The Morgan fingerprint density at radius 1 is 1.17 bits per heavy atom. The van der Waals surface area contributed by atoms with Crippen LogP contribution >= 0.6 is 0 Å². The Balaban J connectivity index is 1.55. The minimum atomic E-state index is -0.332. The molecule has 0 bridgehead atoms. The Morgan fingerprint density at radius 3 is 2.58 bits per heavy atom. The zero-order chi connectivity index (χ0) is 16.7. The second-order valence-electron chi connectivity index (χ2n) is 6.64. The molecule has 4 heteroatoms. The van der Waals surface area contributed by atoms with E-state index in [-0.39, 0.29) is 17.1 Å². The summed E-state index contributed by atoms with van der Waals surface area (Å²) in [5.74, 6) is -0.484. The molecule has 0 atom stereocenters. The van der Waals surface area contributed by atoms with Gasteiger partial charge in [-0.05, 0) is 48.7 Å². The van der Waals surface area contributed by atoms with Gasteiger partial charge in [-0.15, -0.1) is 0 Å². The molecule has 0 saturated heterocycles. The fourth-order valence-corrected chi connectivity index (χ4v) is 3.41. The first-order valence-corrected chi connectivity index (χ1v) is 8.17. The van der Waals surface area contributed by atoms with E-state index >= 15 is 0 Å². The van der Waals surface area contributed by atoms with Crippen LogP contribution in [0.25, 0.3) is 10.9 Å². The summed E-state index contributed by atoms with van der Waals surface area (Å²) >= 11 is 0. The molecule has 1 N–H and O–H groups in total. The van der Waals surface area contributed by atoms with Crippen LogP contribution in [0, 0.1) is 5.82 Å². The molecule has 3 nitrogen and oxygen atoms in total. The predicted molar refractivity (Wildman–Crippen MR) is 92.6 cm³/mol. The molecule has 0 aliphatic heterocycles. The molecule has 122 valence electrons. The van der Waals surface area contributed by atoms with Crippen LogP contribution in [0.2, 0.25) is 0 Å². The summed E-state index contributed by atoms with van der Waals surface area (Å²) in [5, 5.41) is 4.28. The third-order valence-electron chi connectivity index (χ3n) is 5.02. The van der Waals surface area contributed by atoms with Crippen LogP contribution in [0.15, 0.2) is 54.7 Å². The lowest BCUT2D eigenvalue weighted by Gasteiger charge is -2.16. The van der Waals surface area contributed by atoms with E-state index in [0.717, 1.165) is 12.8 Å². The van der Waals surface area contributed by atoms with Crippen LogP contribution in [0.5, 0.6) is 0 Å². The Bertz CT molecular complexity index is 907. The van der Waals surface area contributed by atoms with Crippen molar-refractivity contribution in [1.29, 1.82) is 0 Å². The van der Waals surface area contributed by atoms with Gasteiger partial charge in [-0.2, -0.15) is 0 Å². The minimum absolute atomic E-state index is 0.0244. The average Bonchev–Trinajstić information content (AvgIpc) is 3.32. The summed E-state index contributed by atoms with van der Waals surface area (Å²) in [4.78, 5) is 12.3. The second-order valence-corrected chi connectivity index (χ2v) is 6.64. The van der Waals surface area contributed by atoms with Crippen LogP contribution in [-0.2, 0) is 12.5 Å².